The van der Waals surface area contributed by atoms with Crippen LogP contribution >= 0.6 is 11.6 Å². The third kappa shape index (κ3) is 4.16. The Kier molecular flexibility index (Phi) is 5.50. The van der Waals surface area contributed by atoms with Crippen molar-refractivity contribution in [2.24, 2.45) is 0 Å². The summed E-state index contributed by atoms with van der Waals surface area (Å²) in [4.78, 5) is 24.7. The maximum absolute atomic E-state index is 12.5. The number of amides is 3. The van der Waals surface area contributed by atoms with Gasteiger partial charge in [-0.15, -0.1) is 0 Å². The number of nitrogens with one attached hydrogen (secondary N) is 1. The van der Waals surface area contributed by atoms with Crippen molar-refractivity contribution in [1.29, 1.82) is 0 Å². The molecule has 1 N–H and O–H groups in total. The average Bonchev–Trinajstić information content (AvgIpc) is 2.96. The van der Waals surface area contributed by atoms with E-state index in [2.05, 4.69) is 5.32 Å². The topological polar surface area (TPSA) is 61.9 Å². The van der Waals surface area contributed by atoms with Gasteiger partial charge in [-0.2, -0.15) is 0 Å². The summed E-state index contributed by atoms with van der Waals surface area (Å²) in [6.45, 7) is 4.68. The van der Waals surface area contributed by atoms with E-state index in [0.29, 0.717) is 29.5 Å². The molecule has 0 saturated carbocycles. The number of carbonyl (C=O) groups is 2. The zero-order valence-electron chi connectivity index (χ0n) is 13.4. The van der Waals surface area contributed by atoms with E-state index >= 15 is 0 Å². The molecule has 0 atom stereocenters. The lowest BCUT2D eigenvalue weighted by Crippen LogP contribution is -2.46. The lowest BCUT2D eigenvalue weighted by molar-refractivity contribution is -0.134. The Bertz CT molecular complexity index is 641. The van der Waals surface area contributed by atoms with Gasteiger partial charge in [0.1, 0.15) is 5.75 Å². The summed E-state index contributed by atoms with van der Waals surface area (Å²) in [5.41, 5.74) is 1.35. The van der Waals surface area contributed by atoms with Gasteiger partial charge in [-0.3, -0.25) is 4.79 Å². The molecule has 6 nitrogen and oxygen atoms in total. The van der Waals surface area contributed by atoms with Gasteiger partial charge in [0.15, 0.2) is 0 Å². The number of anilines is 1. The predicted octanol–water partition coefficient (Wildman–Crippen LogP) is 3.30. The highest BCUT2D eigenvalue weighted by molar-refractivity contribution is 6.31. The Morgan fingerprint density at radius 3 is 2.61 bits per heavy atom. The number of urea groups is 1. The molecule has 0 spiro atoms. The van der Waals surface area contributed by atoms with Gasteiger partial charge in [-0.1, -0.05) is 17.2 Å². The highest BCUT2D eigenvalue weighted by Crippen LogP contribution is 2.28. The molecule has 0 aromatic heterocycles. The van der Waals surface area contributed by atoms with Crippen LogP contribution in [0.2, 0.25) is 5.02 Å². The van der Waals surface area contributed by atoms with Gasteiger partial charge in [-0.05, 0) is 38.5 Å². The van der Waals surface area contributed by atoms with E-state index in [1.807, 2.05) is 13.8 Å². The van der Waals surface area contributed by atoms with Crippen molar-refractivity contribution in [3.8, 4) is 5.75 Å². The minimum absolute atomic E-state index is 0.198. The Labute approximate surface area is 140 Å². The van der Waals surface area contributed by atoms with E-state index < -0.39 is 6.03 Å². The van der Waals surface area contributed by atoms with Crippen molar-refractivity contribution in [3.63, 3.8) is 0 Å². The second-order valence-corrected chi connectivity index (χ2v) is 5.87. The Balaban J connectivity index is 2.15. The van der Waals surface area contributed by atoms with Crippen molar-refractivity contribution in [3.05, 3.63) is 34.9 Å². The van der Waals surface area contributed by atoms with Gasteiger partial charge in [0.25, 0.3) is 5.91 Å². The third-order valence-electron chi connectivity index (χ3n) is 3.34. The molecular weight excluding hydrogens is 318 g/mol. The van der Waals surface area contributed by atoms with E-state index in [-0.39, 0.29) is 5.91 Å². The zero-order valence-corrected chi connectivity index (χ0v) is 14.2. The molecule has 23 heavy (non-hydrogen) atoms. The molecule has 0 radical (unpaired) electrons. The summed E-state index contributed by atoms with van der Waals surface area (Å²) < 4.78 is 5.21. The molecule has 1 aromatic carbocycles. The van der Waals surface area contributed by atoms with E-state index in [1.54, 1.807) is 18.2 Å². The monoisotopic (exact) mass is 337 g/mol. The average molecular weight is 338 g/mol. The third-order valence-corrected chi connectivity index (χ3v) is 3.57. The molecule has 124 valence electrons. The number of carbonyl (C=O) groups excluding carboxylic acids is 2. The first kappa shape index (κ1) is 17.1. The van der Waals surface area contributed by atoms with Gasteiger partial charge < -0.3 is 10.1 Å². The summed E-state index contributed by atoms with van der Waals surface area (Å²) in [6.07, 6.45) is 2.26. The second kappa shape index (κ2) is 7.37. The Hall–Kier alpha value is -2.21. The summed E-state index contributed by atoms with van der Waals surface area (Å²) >= 11 is 5.96. The molecule has 1 heterocycles. The van der Waals surface area contributed by atoms with Gasteiger partial charge >= 0.3 is 6.03 Å². The number of ether oxygens (including phenoxy) is 1. The quantitative estimate of drug-likeness (QED) is 0.861. The Morgan fingerprint density at radius 1 is 1.26 bits per heavy atom. The fraction of sp³-hybridized carbons (Fsp3) is 0.375. The minimum Gasteiger partial charge on any atom is -0.495 e. The van der Waals surface area contributed by atoms with Crippen molar-refractivity contribution in [2.45, 2.75) is 20.3 Å². The van der Waals surface area contributed by atoms with E-state index in [1.165, 1.54) is 23.2 Å². The zero-order chi connectivity index (χ0) is 17.0. The first-order valence-corrected chi connectivity index (χ1v) is 7.68. The van der Waals surface area contributed by atoms with Crippen molar-refractivity contribution in [2.75, 3.05) is 25.5 Å². The van der Waals surface area contributed by atoms with E-state index in [0.717, 1.165) is 12.0 Å². The highest BCUT2D eigenvalue weighted by atomic mass is 35.5. The number of allylic oxidation sites excluding steroid dienone is 1. The number of hydrogen-bond acceptors (Lipinski definition) is 3. The molecule has 0 bridgehead atoms. The van der Waals surface area contributed by atoms with Crippen LogP contribution in [-0.4, -0.2) is 42.2 Å². The molecule has 1 fully saturated rings. The summed E-state index contributed by atoms with van der Waals surface area (Å²) in [5.74, 6) is 0.305. The molecule has 1 saturated heterocycles. The van der Waals surface area contributed by atoms with Crippen molar-refractivity contribution < 1.29 is 14.3 Å². The summed E-state index contributed by atoms with van der Waals surface area (Å²) in [6, 6.07) is 4.57. The first-order valence-electron chi connectivity index (χ1n) is 7.30. The number of methoxy groups -OCH3 is 1. The maximum atomic E-state index is 12.5. The number of nitrogens with zero attached hydrogens (tertiary/aromatic N) is 2. The summed E-state index contributed by atoms with van der Waals surface area (Å²) in [7, 11) is 1.51. The van der Waals surface area contributed by atoms with Crippen LogP contribution in [0.1, 0.15) is 20.3 Å². The molecule has 1 aliphatic heterocycles. The van der Waals surface area contributed by atoms with Crippen LogP contribution in [-0.2, 0) is 4.79 Å². The standard InChI is InChI=1S/C16H20ClN3O3/c1-11(2)9-15(21)19-7-4-8-20(19)16(22)18-13-10-12(17)5-6-14(13)23-3/h5-6,9-10H,4,7-8H2,1-3H3,(H,18,22). The van der Waals surface area contributed by atoms with E-state index in [9.17, 15) is 9.59 Å². The number of rotatable bonds is 3. The number of halogens is 1. The number of hydrogen-bond donors (Lipinski definition) is 1. The smallest absolute Gasteiger partial charge is 0.340 e. The molecule has 3 amide bonds. The predicted molar refractivity (Wildman–Crippen MR) is 89.5 cm³/mol. The minimum atomic E-state index is -0.390. The molecule has 0 aliphatic carbocycles. The van der Waals surface area contributed by atoms with Crippen LogP contribution in [0.3, 0.4) is 0 Å². The summed E-state index contributed by atoms with van der Waals surface area (Å²) in [5, 5.41) is 6.08. The van der Waals surface area contributed by atoms with Gasteiger partial charge in [0.2, 0.25) is 0 Å². The fourth-order valence-corrected chi connectivity index (χ4v) is 2.50. The fourth-order valence-electron chi connectivity index (χ4n) is 2.33. The van der Waals surface area contributed by atoms with Crippen LogP contribution in [0.5, 0.6) is 5.75 Å². The SMILES string of the molecule is COc1ccc(Cl)cc1NC(=O)N1CCCN1C(=O)C=C(C)C. The lowest BCUT2D eigenvalue weighted by atomic mass is 10.3. The normalized spacial score (nSPS) is 13.7. The molecule has 1 aromatic rings. The van der Waals surface area contributed by atoms with E-state index in [4.69, 9.17) is 16.3 Å². The van der Waals surface area contributed by atoms with Crippen LogP contribution in [0.15, 0.2) is 29.8 Å². The van der Waals surface area contributed by atoms with Crippen LogP contribution in [0.25, 0.3) is 0 Å². The lowest BCUT2D eigenvalue weighted by Gasteiger charge is -2.27. The highest BCUT2D eigenvalue weighted by Gasteiger charge is 2.30. The molecule has 2 rings (SSSR count). The van der Waals surface area contributed by atoms with Crippen molar-refractivity contribution >= 4 is 29.2 Å². The number of hydrazine groups is 1. The van der Waals surface area contributed by atoms with Crippen LogP contribution < -0.4 is 10.1 Å². The largest absolute Gasteiger partial charge is 0.495 e. The van der Waals surface area contributed by atoms with Crippen molar-refractivity contribution in [1.82, 2.24) is 10.0 Å². The first-order chi connectivity index (χ1) is 10.9. The molecule has 1 aliphatic rings. The molecule has 7 heteroatoms. The van der Waals surface area contributed by atoms with Crippen LogP contribution in [0.4, 0.5) is 10.5 Å². The Morgan fingerprint density at radius 2 is 1.96 bits per heavy atom. The maximum Gasteiger partial charge on any atom is 0.340 e. The van der Waals surface area contributed by atoms with Crippen LogP contribution in [0, 0.1) is 0 Å². The number of benzene rings is 1. The molecule has 0 unspecified atom stereocenters. The van der Waals surface area contributed by atoms with Gasteiger partial charge in [-0.25, -0.2) is 14.8 Å². The second-order valence-electron chi connectivity index (χ2n) is 5.43. The van der Waals surface area contributed by atoms with Gasteiger partial charge in [0, 0.05) is 24.2 Å². The molecular formula is C16H20ClN3O3. The van der Waals surface area contributed by atoms with Gasteiger partial charge in [0.05, 0.1) is 12.8 Å².